The third-order valence-corrected chi connectivity index (χ3v) is 5.78. The van der Waals surface area contributed by atoms with E-state index in [2.05, 4.69) is 41.5 Å². The number of carbonyl (C=O) groups excluding carboxylic acids is 1. The van der Waals surface area contributed by atoms with Crippen molar-refractivity contribution in [1.29, 1.82) is 0 Å². The second-order valence-corrected chi connectivity index (χ2v) is 9.15. The molecule has 1 aromatic carbocycles. The van der Waals surface area contributed by atoms with Crippen molar-refractivity contribution in [2.45, 2.75) is 59.5 Å². The van der Waals surface area contributed by atoms with Gasteiger partial charge in [0, 0.05) is 23.8 Å². The highest BCUT2D eigenvalue weighted by atomic mass is 16.2. The summed E-state index contributed by atoms with van der Waals surface area (Å²) in [7, 11) is 0. The van der Waals surface area contributed by atoms with Crippen molar-refractivity contribution >= 4 is 11.7 Å². The number of carbonyl (C=O) groups is 1. The molecule has 7 nitrogen and oxygen atoms in total. The Morgan fingerprint density at radius 1 is 1.30 bits per heavy atom. The Labute approximate surface area is 160 Å². The summed E-state index contributed by atoms with van der Waals surface area (Å²) < 4.78 is 0. The molecule has 2 aromatic rings. The highest BCUT2D eigenvalue weighted by molar-refractivity contribution is 5.90. The third-order valence-electron chi connectivity index (χ3n) is 5.78. The zero-order valence-corrected chi connectivity index (χ0v) is 16.6. The fourth-order valence-corrected chi connectivity index (χ4v) is 5.12. The minimum Gasteiger partial charge on any atom is -0.321 e. The molecule has 27 heavy (non-hydrogen) atoms. The Morgan fingerprint density at radius 2 is 2.11 bits per heavy atom. The Bertz CT molecular complexity index is 860. The quantitative estimate of drug-likeness (QED) is 0.894. The molecule has 1 saturated carbocycles. The van der Waals surface area contributed by atoms with E-state index < -0.39 is 0 Å². The lowest BCUT2D eigenvalue weighted by atomic mass is 9.65. The van der Waals surface area contributed by atoms with Gasteiger partial charge in [0.05, 0.1) is 6.54 Å². The molecule has 2 bridgehead atoms. The first-order chi connectivity index (χ1) is 12.8. The summed E-state index contributed by atoms with van der Waals surface area (Å²) in [5.41, 5.74) is 2.13. The number of aromatic nitrogens is 4. The molecule has 1 aromatic heterocycles. The molecule has 2 unspecified atom stereocenters. The van der Waals surface area contributed by atoms with Crippen LogP contribution in [0.2, 0.25) is 0 Å². The van der Waals surface area contributed by atoms with E-state index in [1.54, 1.807) is 4.80 Å². The number of urea groups is 1. The van der Waals surface area contributed by atoms with Crippen molar-refractivity contribution in [2.24, 2.45) is 10.8 Å². The number of amides is 2. The van der Waals surface area contributed by atoms with Crippen LogP contribution in [0.3, 0.4) is 0 Å². The number of rotatable bonds is 3. The minimum atomic E-state index is -0.0104. The number of nitrogens with one attached hydrogen (secondary N) is 1. The molecule has 144 valence electrons. The standard InChI is InChI=1S/C20H28N6O/c1-5-26-23-17(22-24-26)14-7-6-8-15(9-14)21-18(27)25-13-20(4)11-16(25)10-19(2,3)12-20/h6-9,16H,5,10-13H2,1-4H3,(H,21,27). The van der Waals surface area contributed by atoms with Gasteiger partial charge < -0.3 is 10.2 Å². The average molecular weight is 368 g/mol. The zero-order chi connectivity index (χ0) is 19.2. The number of fused-ring (bicyclic) bond motifs is 2. The lowest BCUT2D eigenvalue weighted by Gasteiger charge is -2.39. The maximum Gasteiger partial charge on any atom is 0.322 e. The van der Waals surface area contributed by atoms with Gasteiger partial charge in [-0.2, -0.15) is 4.80 Å². The molecule has 7 heteroatoms. The normalized spacial score (nSPS) is 26.2. The fourth-order valence-electron chi connectivity index (χ4n) is 5.12. The van der Waals surface area contributed by atoms with Crippen molar-refractivity contribution in [3.05, 3.63) is 24.3 Å². The maximum absolute atomic E-state index is 13.0. The zero-order valence-electron chi connectivity index (χ0n) is 16.6. The molecule has 2 fully saturated rings. The van der Waals surface area contributed by atoms with Gasteiger partial charge in [0.25, 0.3) is 0 Å². The van der Waals surface area contributed by atoms with Crippen LogP contribution in [-0.2, 0) is 6.54 Å². The predicted octanol–water partition coefficient (Wildman–Crippen LogP) is 3.79. The van der Waals surface area contributed by atoms with E-state index in [4.69, 9.17) is 0 Å². The third kappa shape index (κ3) is 3.55. The van der Waals surface area contributed by atoms with Crippen molar-refractivity contribution in [3.63, 3.8) is 0 Å². The van der Waals surface area contributed by atoms with Crippen molar-refractivity contribution in [3.8, 4) is 11.4 Å². The van der Waals surface area contributed by atoms with Crippen LogP contribution in [0.1, 0.15) is 47.0 Å². The predicted molar refractivity (Wildman–Crippen MR) is 104 cm³/mol. The van der Waals surface area contributed by atoms with Crippen LogP contribution < -0.4 is 5.32 Å². The number of benzene rings is 1. The van der Waals surface area contributed by atoms with E-state index in [1.165, 1.54) is 6.42 Å². The van der Waals surface area contributed by atoms with Gasteiger partial charge in [0.1, 0.15) is 0 Å². The van der Waals surface area contributed by atoms with Gasteiger partial charge in [0.15, 0.2) is 0 Å². The highest BCUT2D eigenvalue weighted by Crippen LogP contribution is 2.52. The lowest BCUT2D eigenvalue weighted by molar-refractivity contribution is 0.130. The topological polar surface area (TPSA) is 75.9 Å². The number of aryl methyl sites for hydroxylation is 1. The molecular formula is C20H28N6O. The number of tetrazole rings is 1. The number of nitrogens with zero attached hydrogens (tertiary/aromatic N) is 5. The first kappa shape index (κ1) is 17.9. The smallest absolute Gasteiger partial charge is 0.321 e. The summed E-state index contributed by atoms with van der Waals surface area (Å²) in [6, 6.07) is 7.96. The minimum absolute atomic E-state index is 0.0104. The maximum atomic E-state index is 13.0. The Hall–Kier alpha value is -2.44. The van der Waals surface area contributed by atoms with Gasteiger partial charge in [-0.05, 0) is 54.4 Å². The molecule has 4 rings (SSSR count). The van der Waals surface area contributed by atoms with E-state index in [1.807, 2.05) is 36.1 Å². The first-order valence-electron chi connectivity index (χ1n) is 9.73. The number of anilines is 1. The van der Waals surface area contributed by atoms with Crippen LogP contribution in [0.5, 0.6) is 0 Å². The van der Waals surface area contributed by atoms with E-state index in [9.17, 15) is 4.79 Å². The molecule has 1 aliphatic carbocycles. The van der Waals surface area contributed by atoms with Gasteiger partial charge in [0.2, 0.25) is 5.82 Å². The first-order valence-corrected chi connectivity index (χ1v) is 9.73. The number of hydrogen-bond acceptors (Lipinski definition) is 4. The second-order valence-electron chi connectivity index (χ2n) is 9.15. The van der Waals surface area contributed by atoms with Gasteiger partial charge >= 0.3 is 6.03 Å². The monoisotopic (exact) mass is 368 g/mol. The Balaban J connectivity index is 1.50. The second kappa shape index (κ2) is 6.32. The Morgan fingerprint density at radius 3 is 2.85 bits per heavy atom. The molecule has 1 aliphatic heterocycles. The molecular weight excluding hydrogens is 340 g/mol. The van der Waals surface area contributed by atoms with Crippen molar-refractivity contribution < 1.29 is 4.79 Å². The molecule has 2 heterocycles. The summed E-state index contributed by atoms with van der Waals surface area (Å²) in [5, 5.41) is 15.5. The number of hydrogen-bond donors (Lipinski definition) is 1. The summed E-state index contributed by atoms with van der Waals surface area (Å²) >= 11 is 0. The molecule has 0 spiro atoms. The van der Waals surface area contributed by atoms with Crippen LogP contribution in [-0.4, -0.2) is 43.7 Å². The summed E-state index contributed by atoms with van der Waals surface area (Å²) in [5.74, 6) is 0.569. The lowest BCUT2D eigenvalue weighted by Crippen LogP contribution is -2.40. The number of likely N-dealkylation sites (tertiary alicyclic amines) is 1. The molecule has 0 radical (unpaired) electrons. The van der Waals surface area contributed by atoms with Gasteiger partial charge in [-0.15, -0.1) is 10.2 Å². The van der Waals surface area contributed by atoms with E-state index >= 15 is 0 Å². The van der Waals surface area contributed by atoms with Gasteiger partial charge in [-0.1, -0.05) is 32.9 Å². The van der Waals surface area contributed by atoms with Gasteiger partial charge in [-0.25, -0.2) is 4.79 Å². The van der Waals surface area contributed by atoms with Gasteiger partial charge in [-0.3, -0.25) is 0 Å². The fraction of sp³-hybridized carbons (Fsp3) is 0.600. The van der Waals surface area contributed by atoms with Crippen molar-refractivity contribution in [2.75, 3.05) is 11.9 Å². The summed E-state index contributed by atoms with van der Waals surface area (Å²) in [6.07, 6.45) is 3.35. The molecule has 2 aliphatic rings. The highest BCUT2D eigenvalue weighted by Gasteiger charge is 2.51. The van der Waals surface area contributed by atoms with E-state index in [0.29, 0.717) is 23.8 Å². The SMILES string of the molecule is CCn1nnc(-c2cccc(NC(=O)N3CC4(C)CC3CC(C)(C)C4)c2)n1. The van der Waals surface area contributed by atoms with Crippen LogP contribution in [0.4, 0.5) is 10.5 Å². The van der Waals surface area contributed by atoms with Crippen molar-refractivity contribution in [1.82, 2.24) is 25.1 Å². The van der Waals surface area contributed by atoms with Crippen LogP contribution in [0, 0.1) is 10.8 Å². The van der Waals surface area contributed by atoms with Crippen LogP contribution in [0.25, 0.3) is 11.4 Å². The van der Waals surface area contributed by atoms with Crippen LogP contribution >= 0.6 is 0 Å². The molecule has 1 saturated heterocycles. The molecule has 1 N–H and O–H groups in total. The molecule has 2 atom stereocenters. The summed E-state index contributed by atoms with van der Waals surface area (Å²) in [4.78, 5) is 16.6. The average Bonchev–Trinajstić information content (AvgIpc) is 3.16. The van der Waals surface area contributed by atoms with E-state index in [-0.39, 0.29) is 11.4 Å². The van der Waals surface area contributed by atoms with E-state index in [0.717, 1.165) is 30.6 Å². The largest absolute Gasteiger partial charge is 0.322 e. The molecule has 2 amide bonds. The Kier molecular flexibility index (Phi) is 4.20. The summed E-state index contributed by atoms with van der Waals surface area (Å²) in [6.45, 7) is 10.4. The van der Waals surface area contributed by atoms with Crippen LogP contribution in [0.15, 0.2) is 24.3 Å².